The summed E-state index contributed by atoms with van der Waals surface area (Å²) in [6.45, 7) is 4.30. The van der Waals surface area contributed by atoms with Gasteiger partial charge >= 0.3 is 0 Å². The highest BCUT2D eigenvalue weighted by Crippen LogP contribution is 2.27. The van der Waals surface area contributed by atoms with Crippen LogP contribution in [-0.2, 0) is 19.4 Å². The van der Waals surface area contributed by atoms with Crippen LogP contribution in [0.25, 0.3) is 0 Å². The molecule has 3 rings (SSSR count). The van der Waals surface area contributed by atoms with Gasteiger partial charge in [0.25, 0.3) is 0 Å². The van der Waals surface area contributed by atoms with Gasteiger partial charge in [-0.2, -0.15) is 4.98 Å². The van der Waals surface area contributed by atoms with Crippen LogP contribution in [0.1, 0.15) is 30.2 Å². The Bertz CT molecular complexity index is 717. The first-order chi connectivity index (χ1) is 12.1. The summed E-state index contributed by atoms with van der Waals surface area (Å²) < 4.78 is 0. The van der Waals surface area contributed by atoms with E-state index in [0.717, 1.165) is 49.0 Å². The molecule has 0 unspecified atom stereocenters. The van der Waals surface area contributed by atoms with Gasteiger partial charge in [-0.3, -0.25) is 0 Å². The van der Waals surface area contributed by atoms with Crippen LogP contribution in [0.4, 0.5) is 11.8 Å². The lowest BCUT2D eigenvalue weighted by atomic mass is 9.97. The zero-order valence-corrected chi connectivity index (χ0v) is 15.4. The fourth-order valence-corrected chi connectivity index (χ4v) is 3.41. The van der Waals surface area contributed by atoms with E-state index in [1.165, 1.54) is 12.0 Å². The van der Waals surface area contributed by atoms with Crippen molar-refractivity contribution in [3.05, 3.63) is 47.2 Å². The first-order valence-corrected chi connectivity index (χ1v) is 9.08. The van der Waals surface area contributed by atoms with E-state index >= 15 is 0 Å². The Kier molecular flexibility index (Phi) is 5.53. The van der Waals surface area contributed by atoms with Crippen molar-refractivity contribution in [2.75, 3.05) is 37.0 Å². The van der Waals surface area contributed by atoms with E-state index in [1.807, 2.05) is 31.1 Å². The molecule has 5 nitrogen and oxygen atoms in total. The summed E-state index contributed by atoms with van der Waals surface area (Å²) in [5, 5.41) is 9.31. The van der Waals surface area contributed by atoms with Gasteiger partial charge < -0.3 is 14.9 Å². The summed E-state index contributed by atoms with van der Waals surface area (Å²) in [5.74, 6) is 2.45. The molecular weight excluding hydrogens is 312 g/mol. The molecule has 1 N–H and O–H groups in total. The lowest BCUT2D eigenvalue weighted by Gasteiger charge is -2.21. The Balaban J connectivity index is 1.71. The molecule has 25 heavy (non-hydrogen) atoms. The van der Waals surface area contributed by atoms with E-state index in [9.17, 15) is 5.11 Å². The van der Waals surface area contributed by atoms with Crippen molar-refractivity contribution in [1.82, 2.24) is 9.97 Å². The molecule has 0 bridgehead atoms. The second-order valence-corrected chi connectivity index (χ2v) is 7.05. The minimum absolute atomic E-state index is 0.110. The van der Waals surface area contributed by atoms with Gasteiger partial charge in [0.05, 0.1) is 6.61 Å². The molecule has 0 aliphatic carbocycles. The molecule has 1 saturated heterocycles. The topological polar surface area (TPSA) is 52.5 Å². The van der Waals surface area contributed by atoms with E-state index in [-0.39, 0.29) is 6.61 Å². The van der Waals surface area contributed by atoms with Crippen molar-refractivity contribution < 1.29 is 5.11 Å². The third-order valence-electron chi connectivity index (χ3n) is 4.82. The molecule has 1 aromatic carbocycles. The minimum Gasteiger partial charge on any atom is -0.392 e. The third-order valence-corrected chi connectivity index (χ3v) is 4.82. The maximum Gasteiger partial charge on any atom is 0.227 e. The predicted molar refractivity (Wildman–Crippen MR) is 102 cm³/mol. The molecule has 1 atom stereocenters. The molecule has 134 valence electrons. The fraction of sp³-hybridized carbons (Fsp3) is 0.500. The van der Waals surface area contributed by atoms with E-state index in [1.54, 1.807) is 0 Å². The SMILES string of the molecule is CCc1cc(N2CC[C@H](Cc3cccc(CO)c3)C2)nc(N(C)C)n1. The fourth-order valence-electron chi connectivity index (χ4n) is 3.41. The van der Waals surface area contributed by atoms with E-state index in [0.29, 0.717) is 5.92 Å². The van der Waals surface area contributed by atoms with Gasteiger partial charge in [-0.25, -0.2) is 4.98 Å². The zero-order valence-electron chi connectivity index (χ0n) is 15.4. The van der Waals surface area contributed by atoms with Gasteiger partial charge in [0.15, 0.2) is 0 Å². The quantitative estimate of drug-likeness (QED) is 0.876. The number of rotatable bonds is 6. The van der Waals surface area contributed by atoms with Gasteiger partial charge in [-0.1, -0.05) is 31.2 Å². The minimum atomic E-state index is 0.110. The summed E-state index contributed by atoms with van der Waals surface area (Å²) in [4.78, 5) is 13.7. The van der Waals surface area contributed by atoms with Crippen LogP contribution in [0.2, 0.25) is 0 Å². The van der Waals surface area contributed by atoms with E-state index < -0.39 is 0 Å². The maximum absolute atomic E-state index is 9.31. The molecule has 1 aromatic heterocycles. The molecule has 5 heteroatoms. The summed E-state index contributed by atoms with van der Waals surface area (Å²) in [5.41, 5.74) is 3.39. The first kappa shape index (κ1) is 17.7. The lowest BCUT2D eigenvalue weighted by Crippen LogP contribution is -2.23. The summed E-state index contributed by atoms with van der Waals surface area (Å²) in [6, 6.07) is 10.4. The number of aryl methyl sites for hydroxylation is 1. The van der Waals surface area contributed by atoms with E-state index in [4.69, 9.17) is 4.98 Å². The maximum atomic E-state index is 9.31. The van der Waals surface area contributed by atoms with Crippen LogP contribution < -0.4 is 9.80 Å². The number of aromatic nitrogens is 2. The Morgan fingerprint density at radius 2 is 2.00 bits per heavy atom. The predicted octanol–water partition coefficient (Wildman–Crippen LogP) is 2.67. The molecular formula is C20H28N4O. The van der Waals surface area contributed by atoms with Crippen LogP contribution >= 0.6 is 0 Å². The standard InChI is InChI=1S/C20H28N4O/c1-4-18-12-19(22-20(21-18)23(2)3)24-9-8-16(13-24)10-15-6-5-7-17(11-15)14-25/h5-7,11-12,16,25H,4,8-10,13-14H2,1-3H3/t16-/m1/s1. The highest BCUT2D eigenvalue weighted by molar-refractivity contribution is 5.46. The highest BCUT2D eigenvalue weighted by atomic mass is 16.3. The van der Waals surface area contributed by atoms with Crippen LogP contribution in [0.15, 0.2) is 30.3 Å². The Morgan fingerprint density at radius 1 is 1.20 bits per heavy atom. The highest BCUT2D eigenvalue weighted by Gasteiger charge is 2.24. The van der Waals surface area contributed by atoms with Crippen molar-refractivity contribution in [1.29, 1.82) is 0 Å². The van der Waals surface area contributed by atoms with Gasteiger partial charge in [-0.05, 0) is 36.3 Å². The molecule has 0 saturated carbocycles. The number of aliphatic hydroxyl groups excluding tert-OH is 1. The van der Waals surface area contributed by atoms with E-state index in [2.05, 4.69) is 35.0 Å². The average Bonchev–Trinajstić information content (AvgIpc) is 3.10. The van der Waals surface area contributed by atoms with Gasteiger partial charge in [0.2, 0.25) is 5.95 Å². The first-order valence-electron chi connectivity index (χ1n) is 9.08. The summed E-state index contributed by atoms with van der Waals surface area (Å²) >= 11 is 0. The number of hydrogen-bond donors (Lipinski definition) is 1. The van der Waals surface area contributed by atoms with Crippen LogP contribution in [0.5, 0.6) is 0 Å². The number of hydrogen-bond acceptors (Lipinski definition) is 5. The number of benzene rings is 1. The molecule has 0 radical (unpaired) electrons. The van der Waals surface area contributed by atoms with Gasteiger partial charge in [0, 0.05) is 38.9 Å². The molecule has 1 aliphatic rings. The third kappa shape index (κ3) is 4.28. The largest absolute Gasteiger partial charge is 0.392 e. The Morgan fingerprint density at radius 3 is 2.72 bits per heavy atom. The Hall–Kier alpha value is -2.14. The van der Waals surface area contributed by atoms with Crippen molar-refractivity contribution in [3.63, 3.8) is 0 Å². The normalized spacial score (nSPS) is 17.1. The lowest BCUT2D eigenvalue weighted by molar-refractivity contribution is 0.281. The van der Waals surface area contributed by atoms with Crippen LogP contribution in [0, 0.1) is 5.92 Å². The van der Waals surface area contributed by atoms with Crippen molar-refractivity contribution >= 4 is 11.8 Å². The number of anilines is 2. The van der Waals surface area contributed by atoms with Crippen LogP contribution in [0.3, 0.4) is 0 Å². The second kappa shape index (κ2) is 7.83. The zero-order chi connectivity index (χ0) is 17.8. The number of nitrogens with zero attached hydrogens (tertiary/aromatic N) is 4. The second-order valence-electron chi connectivity index (χ2n) is 7.05. The van der Waals surface area contributed by atoms with Crippen molar-refractivity contribution in [2.24, 2.45) is 5.92 Å². The average molecular weight is 340 g/mol. The molecule has 1 fully saturated rings. The molecule has 2 heterocycles. The van der Waals surface area contributed by atoms with Crippen molar-refractivity contribution in [3.8, 4) is 0 Å². The Labute approximate surface area is 150 Å². The molecule has 2 aromatic rings. The monoisotopic (exact) mass is 340 g/mol. The van der Waals surface area contributed by atoms with Gasteiger partial charge in [-0.15, -0.1) is 0 Å². The van der Waals surface area contributed by atoms with Crippen molar-refractivity contribution in [2.45, 2.75) is 32.8 Å². The van der Waals surface area contributed by atoms with Gasteiger partial charge in [0.1, 0.15) is 5.82 Å². The smallest absolute Gasteiger partial charge is 0.227 e. The summed E-state index contributed by atoms with van der Waals surface area (Å²) in [6.07, 6.45) is 3.14. The number of aliphatic hydroxyl groups is 1. The molecule has 0 spiro atoms. The summed E-state index contributed by atoms with van der Waals surface area (Å²) in [7, 11) is 3.97. The molecule has 1 aliphatic heterocycles. The van der Waals surface area contributed by atoms with Crippen LogP contribution in [-0.4, -0.2) is 42.3 Å². The molecule has 0 amide bonds.